The summed E-state index contributed by atoms with van der Waals surface area (Å²) in [6.07, 6.45) is 11.3. The number of hydrogen-bond donors (Lipinski definition) is 0. The summed E-state index contributed by atoms with van der Waals surface area (Å²) in [6.45, 7) is 3.21. The summed E-state index contributed by atoms with van der Waals surface area (Å²) in [5, 5.41) is 1.32. The van der Waals surface area contributed by atoms with Gasteiger partial charge in [0.2, 0.25) is 0 Å². The van der Waals surface area contributed by atoms with E-state index >= 15 is 0 Å². The third-order valence-electron chi connectivity index (χ3n) is 7.02. The van der Waals surface area contributed by atoms with Gasteiger partial charge >= 0.3 is 6.03 Å². The molecule has 0 aromatic carbocycles. The number of fused-ring (bicyclic) bond motifs is 3. The standard InChI is InChI=1S/C23H33N5OS/c1-26(2)23(29)28-14-12-27(13-15-28)21-19-17-10-6-7-11-18(17)30-22(19)25-20(24-21)16-8-4-3-5-9-16/h16H,3-15H2,1-2H3. The Bertz CT molecular complexity index is 925. The van der Waals surface area contributed by atoms with Gasteiger partial charge in [-0.2, -0.15) is 0 Å². The second-order valence-electron chi connectivity index (χ2n) is 9.28. The molecule has 30 heavy (non-hydrogen) atoms. The summed E-state index contributed by atoms with van der Waals surface area (Å²) < 4.78 is 0. The molecule has 0 unspecified atom stereocenters. The van der Waals surface area contributed by atoms with Crippen molar-refractivity contribution in [1.29, 1.82) is 0 Å². The van der Waals surface area contributed by atoms with Gasteiger partial charge in [-0.3, -0.25) is 0 Å². The predicted octanol–water partition coefficient (Wildman–Crippen LogP) is 4.42. The zero-order chi connectivity index (χ0) is 20.7. The van der Waals surface area contributed by atoms with Crippen molar-refractivity contribution in [3.05, 3.63) is 16.3 Å². The van der Waals surface area contributed by atoms with Crippen LogP contribution < -0.4 is 4.90 Å². The van der Waals surface area contributed by atoms with E-state index < -0.39 is 0 Å². The molecule has 1 aliphatic heterocycles. The Balaban J connectivity index is 1.51. The number of hydrogen-bond acceptors (Lipinski definition) is 5. The second kappa shape index (κ2) is 8.33. The molecule has 6 nitrogen and oxygen atoms in total. The predicted molar refractivity (Wildman–Crippen MR) is 123 cm³/mol. The number of carbonyl (C=O) groups excluding carboxylic acids is 1. The first-order valence-corrected chi connectivity index (χ1v) is 12.5. The summed E-state index contributed by atoms with van der Waals surface area (Å²) in [7, 11) is 3.66. The molecule has 162 valence electrons. The smallest absolute Gasteiger partial charge is 0.319 e. The van der Waals surface area contributed by atoms with E-state index in [1.54, 1.807) is 4.90 Å². The number of rotatable bonds is 2. The van der Waals surface area contributed by atoms with Crippen LogP contribution in [-0.2, 0) is 12.8 Å². The minimum absolute atomic E-state index is 0.110. The molecule has 5 rings (SSSR count). The summed E-state index contributed by atoms with van der Waals surface area (Å²) in [5.41, 5.74) is 1.51. The molecule has 1 saturated carbocycles. The highest BCUT2D eigenvalue weighted by molar-refractivity contribution is 7.19. The van der Waals surface area contributed by atoms with Gasteiger partial charge in [-0.25, -0.2) is 14.8 Å². The van der Waals surface area contributed by atoms with Gasteiger partial charge in [0.25, 0.3) is 0 Å². The zero-order valence-electron chi connectivity index (χ0n) is 18.3. The van der Waals surface area contributed by atoms with Gasteiger partial charge < -0.3 is 14.7 Å². The van der Waals surface area contributed by atoms with E-state index in [0.29, 0.717) is 5.92 Å². The van der Waals surface area contributed by atoms with Crippen molar-refractivity contribution in [2.45, 2.75) is 63.7 Å². The van der Waals surface area contributed by atoms with Crippen LogP contribution in [-0.4, -0.2) is 66.1 Å². The van der Waals surface area contributed by atoms with Crippen molar-refractivity contribution < 1.29 is 4.79 Å². The van der Waals surface area contributed by atoms with Crippen molar-refractivity contribution >= 4 is 33.4 Å². The fraction of sp³-hybridized carbons (Fsp3) is 0.696. The lowest BCUT2D eigenvalue weighted by Crippen LogP contribution is -2.51. The quantitative estimate of drug-likeness (QED) is 0.712. The molecule has 2 fully saturated rings. The van der Waals surface area contributed by atoms with Crippen molar-refractivity contribution in [2.75, 3.05) is 45.2 Å². The van der Waals surface area contributed by atoms with Crippen LogP contribution in [0.25, 0.3) is 10.2 Å². The molecule has 0 atom stereocenters. The molecular formula is C23H33N5OS. The summed E-state index contributed by atoms with van der Waals surface area (Å²) >= 11 is 1.92. The number of thiophene rings is 1. The lowest BCUT2D eigenvalue weighted by atomic mass is 9.88. The van der Waals surface area contributed by atoms with Crippen LogP contribution >= 0.6 is 11.3 Å². The van der Waals surface area contributed by atoms with Crippen LogP contribution in [0, 0.1) is 0 Å². The highest BCUT2D eigenvalue weighted by atomic mass is 32.1. The summed E-state index contributed by atoms with van der Waals surface area (Å²) in [4.78, 5) is 31.6. The number of aryl methyl sites for hydroxylation is 2. The van der Waals surface area contributed by atoms with Gasteiger partial charge in [0.1, 0.15) is 16.5 Å². The highest BCUT2D eigenvalue weighted by Gasteiger charge is 2.29. The maximum atomic E-state index is 12.4. The van der Waals surface area contributed by atoms with Gasteiger partial charge in [0, 0.05) is 51.1 Å². The summed E-state index contributed by atoms with van der Waals surface area (Å²) in [6, 6.07) is 0.110. The Labute approximate surface area is 183 Å². The van der Waals surface area contributed by atoms with Crippen LogP contribution in [0.2, 0.25) is 0 Å². The molecule has 2 aliphatic carbocycles. The van der Waals surface area contributed by atoms with E-state index in [4.69, 9.17) is 9.97 Å². The molecule has 0 spiro atoms. The number of carbonyl (C=O) groups is 1. The van der Waals surface area contributed by atoms with Gasteiger partial charge in [0.05, 0.1) is 5.39 Å². The molecule has 2 aromatic rings. The highest BCUT2D eigenvalue weighted by Crippen LogP contribution is 2.42. The lowest BCUT2D eigenvalue weighted by Gasteiger charge is -2.37. The first kappa shape index (κ1) is 20.0. The van der Waals surface area contributed by atoms with E-state index in [-0.39, 0.29) is 6.03 Å². The van der Waals surface area contributed by atoms with Crippen LogP contribution in [0.15, 0.2) is 0 Å². The zero-order valence-corrected chi connectivity index (χ0v) is 19.1. The largest absolute Gasteiger partial charge is 0.352 e. The molecule has 0 N–H and O–H groups in total. The molecule has 3 heterocycles. The maximum Gasteiger partial charge on any atom is 0.319 e. The third kappa shape index (κ3) is 3.66. The minimum atomic E-state index is 0.110. The number of nitrogens with zero attached hydrogens (tertiary/aromatic N) is 5. The van der Waals surface area contributed by atoms with Crippen molar-refractivity contribution in [3.63, 3.8) is 0 Å². The van der Waals surface area contributed by atoms with Crippen molar-refractivity contribution in [3.8, 4) is 0 Å². The Kier molecular flexibility index (Phi) is 5.56. The van der Waals surface area contributed by atoms with E-state index in [2.05, 4.69) is 4.90 Å². The third-order valence-corrected chi connectivity index (χ3v) is 8.20. The first-order chi connectivity index (χ1) is 14.6. The lowest BCUT2D eigenvalue weighted by molar-refractivity contribution is 0.168. The first-order valence-electron chi connectivity index (χ1n) is 11.6. The fourth-order valence-electron chi connectivity index (χ4n) is 5.32. The average molecular weight is 428 g/mol. The van der Waals surface area contributed by atoms with Gasteiger partial charge in [0.15, 0.2) is 0 Å². The molecule has 2 amide bonds. The average Bonchev–Trinajstić information content (AvgIpc) is 3.17. The number of aromatic nitrogens is 2. The fourth-order valence-corrected chi connectivity index (χ4v) is 6.58. The van der Waals surface area contributed by atoms with Crippen molar-refractivity contribution in [1.82, 2.24) is 19.8 Å². The van der Waals surface area contributed by atoms with Gasteiger partial charge in [-0.05, 0) is 44.1 Å². The number of anilines is 1. The van der Waals surface area contributed by atoms with Crippen molar-refractivity contribution in [2.24, 2.45) is 0 Å². The topological polar surface area (TPSA) is 52.6 Å². The molecule has 7 heteroatoms. The SMILES string of the molecule is CN(C)C(=O)N1CCN(c2nc(C3CCCCC3)nc3sc4c(c23)CCCC4)CC1. The number of amides is 2. The molecule has 1 saturated heterocycles. The molecule has 0 bridgehead atoms. The van der Waals surface area contributed by atoms with E-state index in [1.807, 2.05) is 30.3 Å². The molecule has 0 radical (unpaired) electrons. The van der Waals surface area contributed by atoms with Crippen LogP contribution in [0.1, 0.15) is 67.1 Å². The molecule has 2 aromatic heterocycles. The Morgan fingerprint density at radius 1 is 0.967 bits per heavy atom. The van der Waals surface area contributed by atoms with Crippen LogP contribution in [0.5, 0.6) is 0 Å². The number of piperazine rings is 1. The number of urea groups is 1. The minimum Gasteiger partial charge on any atom is -0.352 e. The van der Waals surface area contributed by atoms with Gasteiger partial charge in [-0.1, -0.05) is 19.3 Å². The Hall–Kier alpha value is -1.89. The molecule has 3 aliphatic rings. The van der Waals surface area contributed by atoms with E-state index in [9.17, 15) is 4.79 Å². The van der Waals surface area contributed by atoms with Crippen LogP contribution in [0.4, 0.5) is 10.6 Å². The van der Waals surface area contributed by atoms with E-state index in [1.165, 1.54) is 72.0 Å². The van der Waals surface area contributed by atoms with Crippen LogP contribution in [0.3, 0.4) is 0 Å². The second-order valence-corrected chi connectivity index (χ2v) is 10.4. The maximum absolute atomic E-state index is 12.4. The Morgan fingerprint density at radius 3 is 2.43 bits per heavy atom. The monoisotopic (exact) mass is 427 g/mol. The normalized spacial score (nSPS) is 20.5. The summed E-state index contributed by atoms with van der Waals surface area (Å²) in [5.74, 6) is 2.73. The van der Waals surface area contributed by atoms with Gasteiger partial charge in [-0.15, -0.1) is 11.3 Å². The molecular weight excluding hydrogens is 394 g/mol. The Morgan fingerprint density at radius 2 is 1.70 bits per heavy atom. The van der Waals surface area contributed by atoms with E-state index in [0.717, 1.165) is 44.2 Å².